The zero-order chi connectivity index (χ0) is 49.9. The Hall–Kier alpha value is -4.04. The number of hydrogen-bond donors (Lipinski definition) is 1. The van der Waals surface area contributed by atoms with Gasteiger partial charge in [-0.3, -0.25) is 24.5 Å². The van der Waals surface area contributed by atoms with Crippen molar-refractivity contribution < 1.29 is 27.6 Å². The van der Waals surface area contributed by atoms with Crippen LogP contribution in [0.5, 0.6) is 0 Å². The van der Waals surface area contributed by atoms with Gasteiger partial charge < -0.3 is 19.6 Å². The second-order valence-corrected chi connectivity index (χ2v) is 25.7. The van der Waals surface area contributed by atoms with Crippen molar-refractivity contribution in [2.75, 3.05) is 56.5 Å². The molecule has 2 aromatic carbocycles. The quantitative estimate of drug-likeness (QED) is 0.148. The topological polar surface area (TPSA) is 140 Å². The number of nitrogens with one attached hydrogen (secondary N) is 1. The molecule has 5 fully saturated rings. The van der Waals surface area contributed by atoms with E-state index in [0.29, 0.717) is 60.2 Å². The molecule has 5 aliphatic heterocycles. The van der Waals surface area contributed by atoms with Crippen molar-refractivity contribution >= 4 is 62.5 Å². The van der Waals surface area contributed by atoms with E-state index in [0.717, 1.165) is 80.9 Å². The van der Waals surface area contributed by atoms with Crippen LogP contribution in [0.4, 0.5) is 5.82 Å². The summed E-state index contributed by atoms with van der Waals surface area (Å²) in [5, 5.41) is 2.98. The number of likely N-dealkylation sites (tertiary alicyclic amines) is 3. The number of benzene rings is 2. The molecule has 5 atom stereocenters. The summed E-state index contributed by atoms with van der Waals surface area (Å²) in [7, 11) is -3.56. The molecule has 0 saturated carbocycles. The highest BCUT2D eigenvalue weighted by Gasteiger charge is 2.54. The normalized spacial score (nSPS) is 25.5. The minimum atomic E-state index is -3.56. The number of rotatable bonds is 15. The lowest BCUT2D eigenvalue weighted by Gasteiger charge is -2.53. The van der Waals surface area contributed by atoms with E-state index in [1.54, 1.807) is 20.0 Å². The summed E-state index contributed by atoms with van der Waals surface area (Å²) in [4.78, 5) is 67.4. The van der Waals surface area contributed by atoms with E-state index in [2.05, 4.69) is 15.1 Å². The third kappa shape index (κ3) is 12.2. The van der Waals surface area contributed by atoms with Crippen LogP contribution in [0, 0.1) is 29.1 Å². The Balaban J connectivity index is 0.847. The molecule has 70 heavy (non-hydrogen) atoms. The Morgan fingerprint density at radius 3 is 2.03 bits per heavy atom. The van der Waals surface area contributed by atoms with Gasteiger partial charge in [0.1, 0.15) is 5.82 Å². The van der Waals surface area contributed by atoms with E-state index >= 15 is 4.79 Å². The molecule has 1 aromatic heterocycles. The van der Waals surface area contributed by atoms with Crippen molar-refractivity contribution in [3.05, 3.63) is 93.6 Å². The molecule has 0 radical (unpaired) electrons. The molecule has 4 amide bonds. The molecular formula is C55H74Cl2N6O6S. The van der Waals surface area contributed by atoms with Crippen molar-refractivity contribution in [2.45, 2.75) is 134 Å². The summed E-state index contributed by atoms with van der Waals surface area (Å²) in [5.74, 6) is 1.29. The van der Waals surface area contributed by atoms with Gasteiger partial charge in [0.2, 0.25) is 23.6 Å². The first kappa shape index (κ1) is 52.3. The van der Waals surface area contributed by atoms with Crippen LogP contribution in [0.25, 0.3) is 0 Å². The zero-order valence-corrected chi connectivity index (χ0v) is 44.2. The fourth-order valence-corrected chi connectivity index (χ4v) is 13.9. The Morgan fingerprint density at radius 1 is 0.786 bits per heavy atom. The molecule has 380 valence electrons. The van der Waals surface area contributed by atoms with Gasteiger partial charge in [0, 0.05) is 73.8 Å². The van der Waals surface area contributed by atoms with Crippen LogP contribution in [-0.4, -0.2) is 115 Å². The molecule has 3 aromatic rings. The number of sulfone groups is 1. The smallest absolute Gasteiger partial charge is 0.234 e. The summed E-state index contributed by atoms with van der Waals surface area (Å²) in [6, 6.07) is 18.1. The summed E-state index contributed by atoms with van der Waals surface area (Å²) < 4.78 is 27.4. The van der Waals surface area contributed by atoms with Gasteiger partial charge >= 0.3 is 0 Å². The first-order valence-corrected chi connectivity index (χ1v) is 28.4. The number of carbonyl (C=O) groups is 4. The molecule has 0 aliphatic carbocycles. The van der Waals surface area contributed by atoms with E-state index in [9.17, 15) is 22.8 Å². The maximum Gasteiger partial charge on any atom is 0.234 e. The maximum absolute atomic E-state index is 15.4. The van der Waals surface area contributed by atoms with Gasteiger partial charge in [-0.1, -0.05) is 74.3 Å². The number of halogens is 2. The van der Waals surface area contributed by atoms with Gasteiger partial charge in [-0.05, 0) is 155 Å². The van der Waals surface area contributed by atoms with Gasteiger partial charge in [0.25, 0.3) is 0 Å². The van der Waals surface area contributed by atoms with E-state index in [4.69, 9.17) is 28.2 Å². The minimum Gasteiger partial charge on any atom is -0.357 e. The van der Waals surface area contributed by atoms with Crippen molar-refractivity contribution in [1.29, 1.82) is 0 Å². The molecule has 8 rings (SSSR count). The molecule has 15 heteroatoms. The standard InChI is InChI=1S/C55H74Cl2N6O6S/c1-36(2)48(35-70(68,69)37(3)4)63-52(41-9-12-44(56)13-10-41)47(42-7-6-8-45(57)30-42)31-55(5,54(63)67)32-51(65)62-27-19-39(20-28-62)29-38-17-23-60(24-18-38)34-40-21-25-61(26-22-40)49-15-11-43(33-58-49)46-14-16-50(64)59-53(46)66/h6-13,15,30,33,36-40,46-48,52H,14,16-29,31-32,34-35H2,1-5H3,(H,59,64,66)/t46?,47-,48-,52-,55-/m0/s1. The van der Waals surface area contributed by atoms with Crippen molar-refractivity contribution in [2.24, 2.45) is 29.1 Å². The van der Waals surface area contributed by atoms with E-state index in [1.807, 2.05) is 91.2 Å². The predicted octanol–water partition coefficient (Wildman–Crippen LogP) is 9.47. The number of anilines is 1. The summed E-state index contributed by atoms with van der Waals surface area (Å²) in [6.07, 6.45) is 10.9. The van der Waals surface area contributed by atoms with Crippen molar-refractivity contribution in [3.63, 3.8) is 0 Å². The van der Waals surface area contributed by atoms with Crippen LogP contribution in [0.15, 0.2) is 66.9 Å². The predicted molar refractivity (Wildman–Crippen MR) is 278 cm³/mol. The average Bonchev–Trinajstić information content (AvgIpc) is 3.33. The highest BCUT2D eigenvalue weighted by molar-refractivity contribution is 7.92. The first-order chi connectivity index (χ1) is 33.4. The van der Waals surface area contributed by atoms with Crippen LogP contribution in [0.1, 0.15) is 140 Å². The zero-order valence-electron chi connectivity index (χ0n) is 41.8. The van der Waals surface area contributed by atoms with Gasteiger partial charge in [-0.15, -0.1) is 0 Å². The number of piperidine rings is 5. The minimum absolute atomic E-state index is 0.0157. The molecule has 5 saturated heterocycles. The maximum atomic E-state index is 15.4. The number of nitrogens with zero attached hydrogens (tertiary/aromatic N) is 5. The molecule has 0 spiro atoms. The number of pyridine rings is 1. The summed E-state index contributed by atoms with van der Waals surface area (Å²) in [5.41, 5.74) is 1.58. The molecular weight excluding hydrogens is 944 g/mol. The Bertz CT molecular complexity index is 2430. The number of aromatic nitrogens is 1. The van der Waals surface area contributed by atoms with Gasteiger partial charge in [0.05, 0.1) is 28.4 Å². The highest BCUT2D eigenvalue weighted by atomic mass is 35.5. The fraction of sp³-hybridized carbons (Fsp3) is 0.618. The molecule has 0 bridgehead atoms. The Labute approximate surface area is 426 Å². The third-order valence-electron chi connectivity index (χ3n) is 16.6. The summed E-state index contributed by atoms with van der Waals surface area (Å²) in [6.45, 7) is 16.0. The number of amides is 4. The second-order valence-electron chi connectivity index (χ2n) is 22.2. The summed E-state index contributed by atoms with van der Waals surface area (Å²) >= 11 is 13.0. The van der Waals surface area contributed by atoms with Crippen LogP contribution in [0.2, 0.25) is 10.0 Å². The average molecular weight is 1020 g/mol. The van der Waals surface area contributed by atoms with Gasteiger partial charge in [-0.25, -0.2) is 13.4 Å². The molecule has 5 aliphatic rings. The Kier molecular flexibility index (Phi) is 16.7. The van der Waals surface area contributed by atoms with E-state index < -0.39 is 32.6 Å². The van der Waals surface area contributed by atoms with E-state index in [1.165, 1.54) is 19.3 Å². The monoisotopic (exact) mass is 1020 g/mol. The number of hydrogen-bond acceptors (Lipinski definition) is 9. The Morgan fingerprint density at radius 2 is 1.43 bits per heavy atom. The van der Waals surface area contributed by atoms with Crippen molar-refractivity contribution in [1.82, 2.24) is 25.0 Å². The van der Waals surface area contributed by atoms with Gasteiger partial charge in [-0.2, -0.15) is 0 Å². The van der Waals surface area contributed by atoms with Crippen LogP contribution in [-0.2, 0) is 29.0 Å². The lowest BCUT2D eigenvalue weighted by Crippen LogP contribution is -2.59. The van der Waals surface area contributed by atoms with Gasteiger partial charge in [0.15, 0.2) is 9.84 Å². The third-order valence-corrected chi connectivity index (χ3v) is 19.3. The molecule has 1 N–H and O–H groups in total. The lowest BCUT2D eigenvalue weighted by molar-refractivity contribution is -0.159. The van der Waals surface area contributed by atoms with Crippen molar-refractivity contribution in [3.8, 4) is 0 Å². The largest absolute Gasteiger partial charge is 0.357 e. The first-order valence-electron chi connectivity index (χ1n) is 26.0. The second kappa shape index (κ2) is 22.4. The van der Waals surface area contributed by atoms with Crippen LogP contribution < -0.4 is 10.2 Å². The van der Waals surface area contributed by atoms with Crippen LogP contribution in [0.3, 0.4) is 0 Å². The highest BCUT2D eigenvalue weighted by Crippen LogP contribution is 2.53. The molecule has 6 heterocycles. The van der Waals surface area contributed by atoms with Crippen LogP contribution >= 0.6 is 23.2 Å². The molecule has 1 unspecified atom stereocenters. The SMILES string of the molecule is CC(C)[C@H](CS(=O)(=O)C(C)C)N1C(=O)[C@](C)(CC(=O)N2CCC(CC3CCN(CC4CCN(c5ccc(C6CCC(=O)NC6=O)cn5)CC4)CC3)CC2)C[C@@H](c2cccc(Cl)c2)[C@@H]1c1ccc(Cl)cc1. The number of carbonyl (C=O) groups excluding carboxylic acids is 4. The lowest BCUT2D eigenvalue weighted by atomic mass is 9.66. The number of imide groups is 1. The molecule has 12 nitrogen and oxygen atoms in total. The fourth-order valence-electron chi connectivity index (χ4n) is 12.2. The van der Waals surface area contributed by atoms with E-state index in [-0.39, 0.29) is 53.6 Å².